The van der Waals surface area contributed by atoms with Gasteiger partial charge in [0.15, 0.2) is 0 Å². The van der Waals surface area contributed by atoms with E-state index in [2.05, 4.69) is 118 Å². The smallest absolute Gasteiger partial charge is 0.120 e. The summed E-state index contributed by atoms with van der Waals surface area (Å²) in [6.07, 6.45) is 0. The number of aromatic nitrogens is 2. The quantitative estimate of drug-likeness (QED) is 0.274. The fourth-order valence-electron chi connectivity index (χ4n) is 5.38. The van der Waals surface area contributed by atoms with Crippen LogP contribution in [-0.4, -0.2) is 16.2 Å². The molecule has 2 heterocycles. The van der Waals surface area contributed by atoms with Crippen molar-refractivity contribution in [3.63, 3.8) is 0 Å². The van der Waals surface area contributed by atoms with E-state index in [1.165, 1.54) is 43.6 Å². The zero-order valence-corrected chi connectivity index (χ0v) is 18.8. The molecule has 0 fully saturated rings. The molecule has 0 saturated carbocycles. The van der Waals surface area contributed by atoms with Gasteiger partial charge < -0.3 is 13.9 Å². The average Bonchev–Trinajstić information content (AvgIpc) is 3.42. The van der Waals surface area contributed by atoms with Gasteiger partial charge in [0.2, 0.25) is 0 Å². The molecule has 7 aromatic rings. The van der Waals surface area contributed by atoms with Gasteiger partial charge in [-0.1, -0.05) is 72.8 Å². The molecule has 2 aromatic heterocycles. The normalized spacial score (nSPS) is 11.7. The number of benzene rings is 5. The van der Waals surface area contributed by atoms with Crippen LogP contribution in [0.15, 0.2) is 115 Å². The van der Waals surface area contributed by atoms with Crippen LogP contribution in [0.25, 0.3) is 55.0 Å². The van der Waals surface area contributed by atoms with Crippen molar-refractivity contribution in [2.75, 3.05) is 7.11 Å². The first kappa shape index (κ1) is 19.0. The molecule has 0 N–H and O–H groups in total. The maximum atomic E-state index is 5.58. The Bertz CT molecular complexity index is 1800. The molecule has 0 saturated heterocycles. The van der Waals surface area contributed by atoms with Crippen LogP contribution in [-0.2, 0) is 0 Å². The van der Waals surface area contributed by atoms with E-state index in [1.807, 2.05) is 6.07 Å². The van der Waals surface area contributed by atoms with Crippen molar-refractivity contribution in [3.8, 4) is 17.1 Å². The van der Waals surface area contributed by atoms with E-state index < -0.39 is 0 Å². The topological polar surface area (TPSA) is 19.1 Å². The van der Waals surface area contributed by atoms with Crippen LogP contribution in [0.4, 0.5) is 0 Å². The minimum absolute atomic E-state index is 0.845. The standard InChI is InChI=1S/C31H22N2O/c1-34-22-11-8-10-21(20-22)32-27-16-5-4-14-25(27)26-15-9-19-30(31(26)32)33-28-17-6-2-12-23(28)24-13-3-7-18-29(24)33/h2-20H,1H3. The fourth-order valence-corrected chi connectivity index (χ4v) is 5.38. The summed E-state index contributed by atoms with van der Waals surface area (Å²) in [5, 5.41) is 5.00. The first-order valence-corrected chi connectivity index (χ1v) is 11.5. The molecule has 0 aliphatic carbocycles. The highest BCUT2D eigenvalue weighted by molar-refractivity contribution is 6.15. The number of rotatable bonds is 3. The van der Waals surface area contributed by atoms with Gasteiger partial charge in [0, 0.05) is 33.3 Å². The minimum Gasteiger partial charge on any atom is -0.497 e. The molecule has 3 nitrogen and oxygen atoms in total. The highest BCUT2D eigenvalue weighted by atomic mass is 16.5. The molecule has 0 unspecified atom stereocenters. The Morgan fingerprint density at radius 1 is 0.500 bits per heavy atom. The van der Waals surface area contributed by atoms with Gasteiger partial charge in [-0.05, 0) is 36.4 Å². The van der Waals surface area contributed by atoms with Crippen LogP contribution in [0.5, 0.6) is 5.75 Å². The van der Waals surface area contributed by atoms with Gasteiger partial charge in [-0.3, -0.25) is 0 Å². The second-order valence-corrected chi connectivity index (χ2v) is 8.60. The highest BCUT2D eigenvalue weighted by Gasteiger charge is 2.19. The van der Waals surface area contributed by atoms with Crippen molar-refractivity contribution < 1.29 is 4.74 Å². The lowest BCUT2D eigenvalue weighted by molar-refractivity contribution is 0.414. The molecule has 34 heavy (non-hydrogen) atoms. The SMILES string of the molecule is COc1cccc(-n2c3ccccc3c3cccc(-n4c5ccccc5c5ccccc54)c32)c1. The molecule has 0 aliphatic heterocycles. The Balaban J connectivity index is 1.70. The number of hydrogen-bond donors (Lipinski definition) is 0. The lowest BCUT2D eigenvalue weighted by Crippen LogP contribution is -2.00. The predicted molar refractivity (Wildman–Crippen MR) is 142 cm³/mol. The van der Waals surface area contributed by atoms with Crippen LogP contribution in [0.2, 0.25) is 0 Å². The van der Waals surface area contributed by atoms with E-state index in [-0.39, 0.29) is 0 Å². The molecule has 0 atom stereocenters. The second kappa shape index (κ2) is 7.26. The Morgan fingerprint density at radius 3 is 1.68 bits per heavy atom. The van der Waals surface area contributed by atoms with Crippen molar-refractivity contribution >= 4 is 43.6 Å². The largest absolute Gasteiger partial charge is 0.497 e. The summed E-state index contributed by atoms with van der Waals surface area (Å²) in [5.74, 6) is 0.845. The molecule has 0 spiro atoms. The highest BCUT2D eigenvalue weighted by Crippen LogP contribution is 2.39. The Morgan fingerprint density at radius 2 is 1.03 bits per heavy atom. The van der Waals surface area contributed by atoms with Gasteiger partial charge in [0.25, 0.3) is 0 Å². The van der Waals surface area contributed by atoms with Crippen LogP contribution in [0.3, 0.4) is 0 Å². The van der Waals surface area contributed by atoms with E-state index in [9.17, 15) is 0 Å². The third kappa shape index (κ3) is 2.58. The van der Waals surface area contributed by atoms with Crippen molar-refractivity contribution in [2.24, 2.45) is 0 Å². The summed E-state index contributed by atoms with van der Waals surface area (Å²) < 4.78 is 10.3. The molecule has 3 heteroatoms. The molecule has 0 radical (unpaired) electrons. The van der Waals surface area contributed by atoms with Gasteiger partial charge in [0.05, 0.1) is 34.9 Å². The summed E-state index contributed by atoms with van der Waals surface area (Å²) in [6, 6.07) is 40.9. The number of nitrogens with zero attached hydrogens (tertiary/aromatic N) is 2. The number of fused-ring (bicyclic) bond motifs is 6. The lowest BCUT2D eigenvalue weighted by Gasteiger charge is -2.14. The Labute approximate surface area is 197 Å². The molecule has 0 aliphatic rings. The Kier molecular flexibility index (Phi) is 4.06. The third-order valence-electron chi connectivity index (χ3n) is 6.81. The first-order chi connectivity index (χ1) is 16.8. The predicted octanol–water partition coefficient (Wildman–Crippen LogP) is 7.89. The zero-order chi connectivity index (χ0) is 22.6. The summed E-state index contributed by atoms with van der Waals surface area (Å²) in [5.41, 5.74) is 7.02. The lowest BCUT2D eigenvalue weighted by atomic mass is 10.1. The van der Waals surface area contributed by atoms with Gasteiger partial charge in [-0.2, -0.15) is 0 Å². The molecule has 0 amide bonds. The van der Waals surface area contributed by atoms with Gasteiger partial charge in [0.1, 0.15) is 5.75 Å². The summed E-state index contributed by atoms with van der Waals surface area (Å²) >= 11 is 0. The summed E-state index contributed by atoms with van der Waals surface area (Å²) in [4.78, 5) is 0. The summed E-state index contributed by atoms with van der Waals surface area (Å²) in [6.45, 7) is 0. The molecule has 7 rings (SSSR count). The molecule has 0 bridgehead atoms. The summed E-state index contributed by atoms with van der Waals surface area (Å²) in [7, 11) is 1.72. The minimum atomic E-state index is 0.845. The maximum absolute atomic E-state index is 5.58. The molecular weight excluding hydrogens is 416 g/mol. The van der Waals surface area contributed by atoms with Crippen LogP contribution in [0.1, 0.15) is 0 Å². The first-order valence-electron chi connectivity index (χ1n) is 11.5. The number of methoxy groups -OCH3 is 1. The maximum Gasteiger partial charge on any atom is 0.120 e. The van der Waals surface area contributed by atoms with Crippen LogP contribution >= 0.6 is 0 Å². The molecular formula is C31H22N2O. The van der Waals surface area contributed by atoms with Crippen molar-refractivity contribution in [2.45, 2.75) is 0 Å². The van der Waals surface area contributed by atoms with E-state index in [1.54, 1.807) is 7.11 Å². The zero-order valence-electron chi connectivity index (χ0n) is 18.8. The van der Waals surface area contributed by atoms with E-state index in [0.29, 0.717) is 0 Å². The van der Waals surface area contributed by atoms with E-state index in [0.717, 1.165) is 17.1 Å². The number of ether oxygens (including phenoxy) is 1. The third-order valence-corrected chi connectivity index (χ3v) is 6.81. The van der Waals surface area contributed by atoms with E-state index in [4.69, 9.17) is 4.74 Å². The molecule has 162 valence electrons. The number of para-hydroxylation sites is 4. The Hall–Kier alpha value is -4.50. The van der Waals surface area contributed by atoms with Gasteiger partial charge in [-0.25, -0.2) is 0 Å². The van der Waals surface area contributed by atoms with Crippen molar-refractivity contribution in [1.82, 2.24) is 9.13 Å². The van der Waals surface area contributed by atoms with Crippen LogP contribution < -0.4 is 4.74 Å². The second-order valence-electron chi connectivity index (χ2n) is 8.60. The van der Waals surface area contributed by atoms with Gasteiger partial charge in [-0.15, -0.1) is 0 Å². The van der Waals surface area contributed by atoms with Crippen LogP contribution in [0, 0.1) is 0 Å². The number of hydrogen-bond acceptors (Lipinski definition) is 1. The van der Waals surface area contributed by atoms with E-state index >= 15 is 0 Å². The average molecular weight is 439 g/mol. The van der Waals surface area contributed by atoms with Gasteiger partial charge >= 0.3 is 0 Å². The fraction of sp³-hybridized carbons (Fsp3) is 0.0323. The molecule has 5 aromatic carbocycles. The monoisotopic (exact) mass is 438 g/mol. The van der Waals surface area contributed by atoms with Crippen molar-refractivity contribution in [3.05, 3.63) is 115 Å². The van der Waals surface area contributed by atoms with Crippen molar-refractivity contribution in [1.29, 1.82) is 0 Å².